The molecule has 2 fully saturated rings. The fourth-order valence-electron chi connectivity index (χ4n) is 3.43. The van der Waals surface area contributed by atoms with E-state index in [1.165, 1.54) is 16.2 Å². The van der Waals surface area contributed by atoms with Crippen molar-refractivity contribution in [3.8, 4) is 0 Å². The van der Waals surface area contributed by atoms with Crippen LogP contribution in [0.1, 0.15) is 18.4 Å². The number of hydrogen-bond acceptors (Lipinski definition) is 5. The Hall–Kier alpha value is -1.64. The lowest BCUT2D eigenvalue weighted by atomic mass is 9.97. The Morgan fingerprint density at radius 2 is 1.73 bits per heavy atom. The molecule has 0 aliphatic carbocycles. The highest BCUT2D eigenvalue weighted by atomic mass is 32.2. The summed E-state index contributed by atoms with van der Waals surface area (Å²) in [5.74, 6) is -0.101. The number of sulfonamides is 1. The van der Waals surface area contributed by atoms with Crippen LogP contribution in [0, 0.1) is 5.92 Å². The Kier molecular flexibility index (Phi) is 6.16. The van der Waals surface area contributed by atoms with Crippen LogP contribution in [0.15, 0.2) is 24.3 Å². The number of benzene rings is 1. The first-order valence-electron chi connectivity index (χ1n) is 9.08. The van der Waals surface area contributed by atoms with E-state index in [9.17, 15) is 13.2 Å². The van der Waals surface area contributed by atoms with Crippen molar-refractivity contribution in [1.82, 2.24) is 9.62 Å². The highest BCUT2D eigenvalue weighted by Crippen LogP contribution is 2.20. The Labute approximate surface area is 155 Å². The van der Waals surface area contributed by atoms with Gasteiger partial charge in [-0.3, -0.25) is 4.79 Å². The van der Waals surface area contributed by atoms with Gasteiger partial charge in [-0.25, -0.2) is 12.7 Å². The molecular formula is C18H27N3O4S. The van der Waals surface area contributed by atoms with Crippen LogP contribution in [-0.2, 0) is 26.1 Å². The molecule has 2 aliphatic heterocycles. The van der Waals surface area contributed by atoms with Gasteiger partial charge in [0.1, 0.15) is 0 Å². The fourth-order valence-corrected chi connectivity index (χ4v) is 4.30. The van der Waals surface area contributed by atoms with Crippen molar-refractivity contribution >= 4 is 21.6 Å². The number of anilines is 1. The molecule has 0 radical (unpaired) electrons. The van der Waals surface area contributed by atoms with Crippen molar-refractivity contribution in [2.45, 2.75) is 19.4 Å². The molecular weight excluding hydrogens is 354 g/mol. The van der Waals surface area contributed by atoms with Crippen molar-refractivity contribution in [2.75, 3.05) is 50.5 Å². The van der Waals surface area contributed by atoms with Crippen LogP contribution < -0.4 is 10.2 Å². The molecule has 1 aromatic carbocycles. The number of nitrogens with one attached hydrogen (secondary N) is 1. The highest BCUT2D eigenvalue weighted by Gasteiger charge is 2.28. The second-order valence-corrected chi connectivity index (χ2v) is 8.90. The van der Waals surface area contributed by atoms with Gasteiger partial charge in [0.05, 0.1) is 19.5 Å². The van der Waals surface area contributed by atoms with E-state index in [0.717, 1.165) is 31.9 Å². The van der Waals surface area contributed by atoms with Crippen LogP contribution in [0.4, 0.5) is 5.69 Å². The SMILES string of the molecule is CS(=O)(=O)N1CCC(C(=O)NCc2ccc(N3CCOCC3)cc2)CC1. The van der Waals surface area contributed by atoms with E-state index < -0.39 is 10.0 Å². The molecule has 7 nitrogen and oxygen atoms in total. The number of nitrogens with zero attached hydrogens (tertiary/aromatic N) is 2. The van der Waals surface area contributed by atoms with Crippen LogP contribution in [0.3, 0.4) is 0 Å². The van der Waals surface area contributed by atoms with Gasteiger partial charge in [-0.15, -0.1) is 0 Å². The molecule has 2 aliphatic rings. The largest absolute Gasteiger partial charge is 0.378 e. The Morgan fingerprint density at radius 1 is 1.12 bits per heavy atom. The summed E-state index contributed by atoms with van der Waals surface area (Å²) in [4.78, 5) is 14.6. The Balaban J connectivity index is 1.46. The van der Waals surface area contributed by atoms with Crippen LogP contribution in [0.2, 0.25) is 0 Å². The number of hydrogen-bond donors (Lipinski definition) is 1. The second kappa shape index (κ2) is 8.37. The number of rotatable bonds is 5. The zero-order valence-corrected chi connectivity index (χ0v) is 16.0. The van der Waals surface area contributed by atoms with E-state index >= 15 is 0 Å². The third-order valence-electron chi connectivity index (χ3n) is 5.07. The van der Waals surface area contributed by atoms with Gasteiger partial charge in [-0.2, -0.15) is 0 Å². The molecule has 0 aromatic heterocycles. The van der Waals surface area contributed by atoms with Crippen LogP contribution >= 0.6 is 0 Å². The Morgan fingerprint density at radius 3 is 2.31 bits per heavy atom. The molecule has 8 heteroatoms. The molecule has 1 amide bonds. The zero-order valence-electron chi connectivity index (χ0n) is 15.2. The third-order valence-corrected chi connectivity index (χ3v) is 6.38. The van der Waals surface area contributed by atoms with Crippen molar-refractivity contribution < 1.29 is 17.9 Å². The first-order valence-corrected chi connectivity index (χ1v) is 10.9. The van der Waals surface area contributed by atoms with E-state index in [-0.39, 0.29) is 11.8 Å². The van der Waals surface area contributed by atoms with Gasteiger partial charge in [-0.05, 0) is 30.5 Å². The number of amides is 1. The van der Waals surface area contributed by atoms with Crippen molar-refractivity contribution in [2.24, 2.45) is 5.92 Å². The summed E-state index contributed by atoms with van der Waals surface area (Å²) in [5.41, 5.74) is 2.24. The van der Waals surface area contributed by atoms with Gasteiger partial charge in [0.25, 0.3) is 0 Å². The zero-order chi connectivity index (χ0) is 18.6. The molecule has 2 saturated heterocycles. The molecule has 3 rings (SSSR count). The maximum absolute atomic E-state index is 12.3. The summed E-state index contributed by atoms with van der Waals surface area (Å²) in [6, 6.07) is 8.24. The first-order chi connectivity index (χ1) is 12.4. The number of carbonyl (C=O) groups excluding carboxylic acids is 1. The van der Waals surface area contributed by atoms with E-state index in [1.807, 2.05) is 12.1 Å². The second-order valence-electron chi connectivity index (χ2n) is 6.92. The van der Waals surface area contributed by atoms with E-state index in [2.05, 4.69) is 22.3 Å². The van der Waals surface area contributed by atoms with Gasteiger partial charge in [0, 0.05) is 44.3 Å². The molecule has 0 atom stereocenters. The topological polar surface area (TPSA) is 79.0 Å². The lowest BCUT2D eigenvalue weighted by molar-refractivity contribution is -0.126. The molecule has 26 heavy (non-hydrogen) atoms. The van der Waals surface area contributed by atoms with Crippen molar-refractivity contribution in [3.63, 3.8) is 0 Å². The molecule has 144 valence electrons. The van der Waals surface area contributed by atoms with Crippen LogP contribution in [0.5, 0.6) is 0 Å². The van der Waals surface area contributed by atoms with Gasteiger partial charge < -0.3 is 15.0 Å². The summed E-state index contributed by atoms with van der Waals surface area (Å²) in [6.45, 7) is 4.67. The van der Waals surface area contributed by atoms with Gasteiger partial charge in [0.2, 0.25) is 15.9 Å². The number of carbonyl (C=O) groups is 1. The minimum absolute atomic E-state index is 0.00964. The maximum Gasteiger partial charge on any atom is 0.223 e. The molecule has 1 N–H and O–H groups in total. The average molecular weight is 381 g/mol. The minimum Gasteiger partial charge on any atom is -0.378 e. The predicted octanol–water partition coefficient (Wildman–Crippen LogP) is 0.811. The summed E-state index contributed by atoms with van der Waals surface area (Å²) >= 11 is 0. The molecule has 2 heterocycles. The monoisotopic (exact) mass is 381 g/mol. The highest BCUT2D eigenvalue weighted by molar-refractivity contribution is 7.88. The normalized spacial score (nSPS) is 20.1. The molecule has 1 aromatic rings. The van der Waals surface area contributed by atoms with E-state index in [0.29, 0.717) is 32.5 Å². The predicted molar refractivity (Wildman–Crippen MR) is 100 cm³/mol. The minimum atomic E-state index is -3.15. The number of piperidine rings is 1. The van der Waals surface area contributed by atoms with E-state index in [4.69, 9.17) is 4.74 Å². The Bertz CT molecular complexity index is 706. The molecule has 0 bridgehead atoms. The van der Waals surface area contributed by atoms with Crippen molar-refractivity contribution in [1.29, 1.82) is 0 Å². The fraction of sp³-hybridized carbons (Fsp3) is 0.611. The smallest absolute Gasteiger partial charge is 0.223 e. The molecule has 0 unspecified atom stereocenters. The standard InChI is InChI=1S/C18H27N3O4S/c1-26(23,24)21-8-6-16(7-9-21)18(22)19-14-15-2-4-17(5-3-15)20-10-12-25-13-11-20/h2-5,16H,6-14H2,1H3,(H,19,22). The van der Waals surface area contributed by atoms with Crippen LogP contribution in [-0.4, -0.2) is 64.3 Å². The van der Waals surface area contributed by atoms with E-state index in [1.54, 1.807) is 0 Å². The molecule has 0 saturated carbocycles. The lowest BCUT2D eigenvalue weighted by Gasteiger charge is -2.29. The lowest BCUT2D eigenvalue weighted by Crippen LogP contribution is -2.42. The van der Waals surface area contributed by atoms with Gasteiger partial charge >= 0.3 is 0 Å². The quantitative estimate of drug-likeness (QED) is 0.817. The maximum atomic E-state index is 12.3. The van der Waals surface area contributed by atoms with Crippen LogP contribution in [0.25, 0.3) is 0 Å². The summed E-state index contributed by atoms with van der Waals surface area (Å²) < 4.78 is 29.9. The summed E-state index contributed by atoms with van der Waals surface area (Å²) in [7, 11) is -3.15. The number of ether oxygens (including phenoxy) is 1. The first kappa shape index (κ1) is 19.1. The van der Waals surface area contributed by atoms with Gasteiger partial charge in [0.15, 0.2) is 0 Å². The van der Waals surface area contributed by atoms with Crippen molar-refractivity contribution in [3.05, 3.63) is 29.8 Å². The average Bonchev–Trinajstić information content (AvgIpc) is 2.66. The summed E-state index contributed by atoms with van der Waals surface area (Å²) in [5, 5.41) is 2.98. The van der Waals surface area contributed by atoms with Gasteiger partial charge in [-0.1, -0.05) is 12.1 Å². The third kappa shape index (κ3) is 4.96. The summed E-state index contributed by atoms with van der Waals surface area (Å²) in [6.07, 6.45) is 2.37. The number of morpholine rings is 1. The molecule has 0 spiro atoms.